The van der Waals surface area contributed by atoms with E-state index in [1.807, 2.05) is 12.1 Å². The molecule has 0 spiro atoms. The highest BCUT2D eigenvalue weighted by Gasteiger charge is 2.35. The lowest BCUT2D eigenvalue weighted by Crippen LogP contribution is -2.54. The van der Waals surface area contributed by atoms with Crippen LogP contribution in [0.3, 0.4) is 0 Å². The van der Waals surface area contributed by atoms with E-state index in [1.165, 1.54) is 11.1 Å². The predicted molar refractivity (Wildman–Crippen MR) is 85.9 cm³/mol. The van der Waals surface area contributed by atoms with Gasteiger partial charge in [-0.15, -0.1) is 12.4 Å². The first-order valence-electron chi connectivity index (χ1n) is 7.53. The molecule has 0 saturated carbocycles. The van der Waals surface area contributed by atoms with Gasteiger partial charge in [0.15, 0.2) is 0 Å². The quantitative estimate of drug-likeness (QED) is 0.738. The minimum Gasteiger partial charge on any atom is -0.393 e. The Bertz CT molecular complexity index is 530. The van der Waals surface area contributed by atoms with Crippen LogP contribution in [0, 0.1) is 0 Å². The number of nitrogens with one attached hydrogen (secondary N) is 1. The van der Waals surface area contributed by atoms with E-state index >= 15 is 0 Å². The molecule has 122 valence electrons. The Kier molecular flexibility index (Phi) is 5.45. The van der Waals surface area contributed by atoms with Gasteiger partial charge in [-0.05, 0) is 30.4 Å². The Morgan fingerprint density at radius 1 is 1.27 bits per heavy atom. The molecule has 0 bridgehead atoms. The molecule has 5 nitrogen and oxygen atoms in total. The third-order valence-corrected chi connectivity index (χ3v) is 4.68. The van der Waals surface area contributed by atoms with Gasteiger partial charge in [0.1, 0.15) is 0 Å². The van der Waals surface area contributed by atoms with Gasteiger partial charge in [-0.2, -0.15) is 0 Å². The summed E-state index contributed by atoms with van der Waals surface area (Å²) in [5.41, 5.74) is 1.48. The van der Waals surface area contributed by atoms with Crippen molar-refractivity contribution in [3.63, 3.8) is 0 Å². The van der Waals surface area contributed by atoms with Gasteiger partial charge < -0.3 is 20.4 Å². The van der Waals surface area contributed by atoms with Crippen molar-refractivity contribution in [3.05, 3.63) is 35.4 Å². The molecule has 1 fully saturated rings. The van der Waals surface area contributed by atoms with Crippen LogP contribution >= 0.6 is 12.4 Å². The number of nitrogens with zero attached hydrogens (tertiary/aromatic N) is 1. The molecule has 3 rings (SSSR count). The van der Waals surface area contributed by atoms with Crippen molar-refractivity contribution in [1.29, 1.82) is 0 Å². The van der Waals surface area contributed by atoms with Gasteiger partial charge in [-0.3, -0.25) is 4.79 Å². The molecule has 22 heavy (non-hydrogen) atoms. The number of hydrogen-bond acceptors (Lipinski definition) is 4. The van der Waals surface area contributed by atoms with E-state index < -0.39 is 5.60 Å². The van der Waals surface area contributed by atoms with Crippen molar-refractivity contribution in [1.82, 2.24) is 10.2 Å². The lowest BCUT2D eigenvalue weighted by molar-refractivity contribution is -0.139. The molecule has 2 aliphatic heterocycles. The van der Waals surface area contributed by atoms with E-state index in [2.05, 4.69) is 17.4 Å². The molecule has 0 unspecified atom stereocenters. The molecule has 2 heterocycles. The van der Waals surface area contributed by atoms with E-state index in [0.717, 1.165) is 13.0 Å². The Labute approximate surface area is 136 Å². The number of amides is 1. The Balaban J connectivity index is 0.00000176. The van der Waals surface area contributed by atoms with Crippen molar-refractivity contribution in [2.75, 3.05) is 19.7 Å². The SMILES string of the molecule is Cl.O=C([C@H]1Cc2ccccc2CN1)N1CCC(O)(CO)CC1. The van der Waals surface area contributed by atoms with Crippen LogP contribution in [0.2, 0.25) is 0 Å². The summed E-state index contributed by atoms with van der Waals surface area (Å²) in [6, 6.07) is 8.01. The van der Waals surface area contributed by atoms with Gasteiger partial charge in [-0.25, -0.2) is 0 Å². The Morgan fingerprint density at radius 2 is 1.91 bits per heavy atom. The molecule has 1 saturated heterocycles. The average Bonchev–Trinajstić information content (AvgIpc) is 2.54. The first kappa shape index (κ1) is 17.2. The molecule has 1 aromatic carbocycles. The molecular formula is C16H23ClN2O3. The highest BCUT2D eigenvalue weighted by atomic mass is 35.5. The summed E-state index contributed by atoms with van der Waals surface area (Å²) in [5, 5.41) is 22.5. The summed E-state index contributed by atoms with van der Waals surface area (Å²) in [5.74, 6) is 0.101. The Morgan fingerprint density at radius 3 is 2.55 bits per heavy atom. The van der Waals surface area contributed by atoms with Crippen LogP contribution in [0.5, 0.6) is 0 Å². The zero-order valence-corrected chi connectivity index (χ0v) is 13.3. The lowest BCUT2D eigenvalue weighted by Gasteiger charge is -2.39. The molecule has 2 aliphatic rings. The first-order chi connectivity index (χ1) is 10.1. The number of hydrogen-bond donors (Lipinski definition) is 3. The molecule has 0 radical (unpaired) electrons. The van der Waals surface area contributed by atoms with Crippen molar-refractivity contribution in [2.24, 2.45) is 0 Å². The van der Waals surface area contributed by atoms with E-state index in [1.54, 1.807) is 4.90 Å². The highest BCUT2D eigenvalue weighted by Crippen LogP contribution is 2.23. The summed E-state index contributed by atoms with van der Waals surface area (Å²) in [6.07, 6.45) is 1.60. The average molecular weight is 327 g/mol. The van der Waals surface area contributed by atoms with Gasteiger partial charge in [0.2, 0.25) is 5.91 Å². The first-order valence-corrected chi connectivity index (χ1v) is 7.53. The number of rotatable bonds is 2. The van der Waals surface area contributed by atoms with Crippen LogP contribution in [0.1, 0.15) is 24.0 Å². The van der Waals surface area contributed by atoms with E-state index in [-0.39, 0.29) is 31.0 Å². The summed E-state index contributed by atoms with van der Waals surface area (Å²) in [4.78, 5) is 14.4. The van der Waals surface area contributed by atoms with E-state index in [9.17, 15) is 9.90 Å². The predicted octanol–water partition coefficient (Wildman–Crippen LogP) is 0.468. The largest absolute Gasteiger partial charge is 0.393 e. The monoisotopic (exact) mass is 326 g/mol. The van der Waals surface area contributed by atoms with Crippen LogP contribution in [-0.4, -0.2) is 52.4 Å². The maximum absolute atomic E-state index is 12.6. The second kappa shape index (κ2) is 6.96. The van der Waals surface area contributed by atoms with Crippen LogP contribution < -0.4 is 5.32 Å². The molecule has 0 aliphatic carbocycles. The number of carbonyl (C=O) groups excluding carboxylic acids is 1. The molecule has 6 heteroatoms. The van der Waals surface area contributed by atoms with Gasteiger partial charge in [0.25, 0.3) is 0 Å². The second-order valence-electron chi connectivity index (χ2n) is 6.11. The normalized spacial score (nSPS) is 23.4. The van der Waals surface area contributed by atoms with Crippen molar-refractivity contribution in [3.8, 4) is 0 Å². The number of benzene rings is 1. The van der Waals surface area contributed by atoms with Crippen molar-refractivity contribution in [2.45, 2.75) is 37.5 Å². The number of piperidine rings is 1. The van der Waals surface area contributed by atoms with Gasteiger partial charge in [0.05, 0.1) is 18.2 Å². The van der Waals surface area contributed by atoms with Crippen LogP contribution in [0.15, 0.2) is 24.3 Å². The standard InChI is InChI=1S/C16H22N2O3.ClH/c19-11-16(21)5-7-18(8-6-16)15(20)14-9-12-3-1-2-4-13(12)10-17-14;/h1-4,14,17,19,21H,5-11H2;1H/t14-;/m1./s1. The second-order valence-corrected chi connectivity index (χ2v) is 6.11. The minimum absolute atomic E-state index is 0. The van der Waals surface area contributed by atoms with Crippen molar-refractivity contribution < 1.29 is 15.0 Å². The summed E-state index contributed by atoms with van der Waals surface area (Å²) in [7, 11) is 0. The molecule has 1 atom stereocenters. The fraction of sp³-hybridized carbons (Fsp3) is 0.562. The third-order valence-electron chi connectivity index (χ3n) is 4.68. The molecule has 0 aromatic heterocycles. The number of aliphatic hydroxyl groups excluding tert-OH is 1. The molecule has 3 N–H and O–H groups in total. The lowest BCUT2D eigenvalue weighted by atomic mass is 9.91. The minimum atomic E-state index is -1.01. The van der Waals surface area contributed by atoms with Gasteiger partial charge in [-0.1, -0.05) is 24.3 Å². The number of carbonyl (C=O) groups is 1. The molecule has 1 amide bonds. The molecule has 1 aromatic rings. The molecular weight excluding hydrogens is 304 g/mol. The Hall–Kier alpha value is -1.14. The zero-order chi connectivity index (χ0) is 14.9. The third kappa shape index (κ3) is 3.43. The zero-order valence-electron chi connectivity index (χ0n) is 12.5. The fourth-order valence-corrected chi connectivity index (χ4v) is 3.15. The number of fused-ring (bicyclic) bond motifs is 1. The summed E-state index contributed by atoms with van der Waals surface area (Å²) < 4.78 is 0. The van der Waals surface area contributed by atoms with Gasteiger partial charge >= 0.3 is 0 Å². The van der Waals surface area contributed by atoms with Crippen LogP contribution in [0.25, 0.3) is 0 Å². The topological polar surface area (TPSA) is 72.8 Å². The maximum atomic E-state index is 12.6. The van der Waals surface area contributed by atoms with E-state index in [0.29, 0.717) is 25.9 Å². The number of aliphatic hydroxyl groups is 2. The van der Waals surface area contributed by atoms with Crippen LogP contribution in [0.4, 0.5) is 0 Å². The van der Waals surface area contributed by atoms with Gasteiger partial charge in [0, 0.05) is 19.6 Å². The van der Waals surface area contributed by atoms with Crippen LogP contribution in [-0.2, 0) is 17.8 Å². The number of likely N-dealkylation sites (tertiary alicyclic amines) is 1. The highest BCUT2D eigenvalue weighted by molar-refractivity contribution is 5.85. The van der Waals surface area contributed by atoms with Crippen molar-refractivity contribution >= 4 is 18.3 Å². The summed E-state index contributed by atoms with van der Waals surface area (Å²) >= 11 is 0. The van der Waals surface area contributed by atoms with E-state index in [4.69, 9.17) is 5.11 Å². The fourth-order valence-electron chi connectivity index (χ4n) is 3.15. The maximum Gasteiger partial charge on any atom is 0.240 e. The smallest absolute Gasteiger partial charge is 0.240 e. The summed E-state index contributed by atoms with van der Waals surface area (Å²) in [6.45, 7) is 1.51. The number of halogens is 1.